The zero-order valence-corrected chi connectivity index (χ0v) is 12.2. The molecular formula is C16H21F3N2. The number of aryl methyl sites for hydroxylation is 1. The number of halogens is 3. The number of anilines is 1. The predicted molar refractivity (Wildman–Crippen MR) is 77.5 cm³/mol. The Morgan fingerprint density at radius 3 is 2.43 bits per heavy atom. The lowest BCUT2D eigenvalue weighted by molar-refractivity contribution is -0.120. The van der Waals surface area contributed by atoms with Gasteiger partial charge in [-0.3, -0.25) is 0 Å². The van der Waals surface area contributed by atoms with E-state index in [1.807, 2.05) is 25.1 Å². The van der Waals surface area contributed by atoms with Gasteiger partial charge in [0, 0.05) is 24.3 Å². The highest BCUT2D eigenvalue weighted by Crippen LogP contribution is 2.35. The van der Waals surface area contributed by atoms with E-state index >= 15 is 0 Å². The topological polar surface area (TPSA) is 15.3 Å². The second kappa shape index (κ2) is 5.52. The highest BCUT2D eigenvalue weighted by Gasteiger charge is 2.38. The van der Waals surface area contributed by atoms with Crippen LogP contribution in [0.1, 0.15) is 36.8 Å². The van der Waals surface area contributed by atoms with Crippen LogP contribution in [0.5, 0.6) is 0 Å². The van der Waals surface area contributed by atoms with Gasteiger partial charge in [-0.05, 0) is 55.9 Å². The maximum Gasteiger partial charge on any atom is 0.405 e. The third kappa shape index (κ3) is 4.13. The van der Waals surface area contributed by atoms with Gasteiger partial charge in [0.1, 0.15) is 6.54 Å². The summed E-state index contributed by atoms with van der Waals surface area (Å²) in [6.07, 6.45) is 0.0409. The molecule has 2 nitrogen and oxygen atoms in total. The van der Waals surface area contributed by atoms with Gasteiger partial charge < -0.3 is 10.2 Å². The third-order valence-corrected chi connectivity index (χ3v) is 4.15. The maximum atomic E-state index is 12.7. The van der Waals surface area contributed by atoms with E-state index in [1.54, 1.807) is 0 Å². The van der Waals surface area contributed by atoms with Crippen molar-refractivity contribution in [3.8, 4) is 0 Å². The van der Waals surface area contributed by atoms with Crippen LogP contribution in [0.25, 0.3) is 0 Å². The second-order valence-corrected chi connectivity index (χ2v) is 6.24. The maximum absolute atomic E-state index is 12.7. The van der Waals surface area contributed by atoms with Crippen molar-refractivity contribution in [3.05, 3.63) is 29.3 Å². The molecular weight excluding hydrogens is 277 g/mol. The van der Waals surface area contributed by atoms with Crippen LogP contribution in [-0.2, 0) is 6.54 Å². The fraction of sp³-hybridized carbons (Fsp3) is 0.625. The van der Waals surface area contributed by atoms with E-state index < -0.39 is 12.7 Å². The van der Waals surface area contributed by atoms with Gasteiger partial charge in [0.25, 0.3) is 0 Å². The molecule has 0 heterocycles. The summed E-state index contributed by atoms with van der Waals surface area (Å²) in [6, 6.07) is 6.39. The van der Waals surface area contributed by atoms with Crippen LogP contribution in [-0.4, -0.2) is 24.8 Å². The van der Waals surface area contributed by atoms with Gasteiger partial charge in [-0.25, -0.2) is 0 Å². The van der Waals surface area contributed by atoms with E-state index in [-0.39, 0.29) is 6.04 Å². The van der Waals surface area contributed by atoms with Crippen LogP contribution in [0.4, 0.5) is 18.9 Å². The molecule has 5 heteroatoms. The Morgan fingerprint density at radius 1 is 1.19 bits per heavy atom. The van der Waals surface area contributed by atoms with Gasteiger partial charge >= 0.3 is 6.18 Å². The Bertz CT molecular complexity index is 505. The summed E-state index contributed by atoms with van der Waals surface area (Å²) in [5, 5.41) is 3.44. The van der Waals surface area contributed by atoms with Gasteiger partial charge in [-0.2, -0.15) is 13.2 Å². The summed E-state index contributed by atoms with van der Waals surface area (Å²) in [5.74, 6) is 0. The molecule has 0 aliphatic heterocycles. The molecule has 2 aliphatic carbocycles. The Morgan fingerprint density at radius 2 is 1.90 bits per heavy atom. The molecule has 0 bridgehead atoms. The van der Waals surface area contributed by atoms with Crippen molar-refractivity contribution in [2.45, 2.75) is 57.4 Å². The van der Waals surface area contributed by atoms with Crippen LogP contribution in [0.2, 0.25) is 0 Å². The highest BCUT2D eigenvalue weighted by atomic mass is 19.4. The molecule has 116 valence electrons. The number of nitrogens with one attached hydrogen (secondary N) is 1. The fourth-order valence-electron chi connectivity index (χ4n) is 2.61. The lowest BCUT2D eigenvalue weighted by Crippen LogP contribution is -2.36. The van der Waals surface area contributed by atoms with E-state index in [2.05, 4.69) is 5.32 Å². The minimum Gasteiger partial charge on any atom is -0.360 e. The molecule has 0 aromatic heterocycles. The fourth-order valence-corrected chi connectivity index (χ4v) is 2.61. The number of benzene rings is 1. The lowest BCUT2D eigenvalue weighted by Gasteiger charge is -2.26. The van der Waals surface area contributed by atoms with Crippen LogP contribution in [0, 0.1) is 6.92 Å². The zero-order valence-electron chi connectivity index (χ0n) is 12.2. The SMILES string of the molecule is Cc1cc(N(CC(F)(F)F)C2CC2)ccc1CNC1CC1. The summed E-state index contributed by atoms with van der Waals surface area (Å²) in [7, 11) is 0. The molecule has 3 rings (SSSR count). The van der Waals surface area contributed by atoms with Crippen LogP contribution in [0.15, 0.2) is 18.2 Å². The first-order chi connectivity index (χ1) is 9.92. The van der Waals surface area contributed by atoms with Gasteiger partial charge in [0.15, 0.2) is 0 Å². The van der Waals surface area contributed by atoms with Gasteiger partial charge in [-0.1, -0.05) is 6.07 Å². The van der Waals surface area contributed by atoms with Crippen molar-refractivity contribution in [2.24, 2.45) is 0 Å². The summed E-state index contributed by atoms with van der Waals surface area (Å²) in [6.45, 7) is 1.93. The molecule has 0 atom stereocenters. The van der Waals surface area contributed by atoms with Crippen molar-refractivity contribution in [2.75, 3.05) is 11.4 Å². The smallest absolute Gasteiger partial charge is 0.360 e. The largest absolute Gasteiger partial charge is 0.405 e. The highest BCUT2D eigenvalue weighted by molar-refractivity contribution is 5.52. The quantitative estimate of drug-likeness (QED) is 0.860. The molecule has 0 saturated heterocycles. The number of hydrogen-bond donors (Lipinski definition) is 1. The van der Waals surface area contributed by atoms with Crippen molar-refractivity contribution in [1.29, 1.82) is 0 Å². The number of nitrogens with zero attached hydrogens (tertiary/aromatic N) is 1. The molecule has 2 aliphatic rings. The molecule has 0 radical (unpaired) electrons. The van der Waals surface area contributed by atoms with Crippen molar-refractivity contribution in [3.63, 3.8) is 0 Å². The summed E-state index contributed by atoms with van der Waals surface area (Å²) < 4.78 is 38.2. The van der Waals surface area contributed by atoms with Crippen molar-refractivity contribution < 1.29 is 13.2 Å². The van der Waals surface area contributed by atoms with Crippen molar-refractivity contribution >= 4 is 5.69 Å². The molecule has 0 unspecified atom stereocenters. The van der Waals surface area contributed by atoms with Crippen LogP contribution < -0.4 is 10.2 Å². The molecule has 2 saturated carbocycles. The predicted octanol–water partition coefficient (Wildman–Crippen LogP) is 3.78. The average Bonchev–Trinajstić information content (AvgIpc) is 3.26. The van der Waals surface area contributed by atoms with E-state index in [9.17, 15) is 13.2 Å². The molecule has 0 spiro atoms. The third-order valence-electron chi connectivity index (χ3n) is 4.15. The summed E-state index contributed by atoms with van der Waals surface area (Å²) in [4.78, 5) is 1.51. The monoisotopic (exact) mass is 298 g/mol. The standard InChI is InChI=1S/C16H21F3N2/c1-11-8-15(5-2-12(11)9-20-13-3-4-13)21(14-6-7-14)10-16(17,18)19/h2,5,8,13-14,20H,3-4,6-7,9-10H2,1H3. The van der Waals surface area contributed by atoms with Gasteiger partial charge in [-0.15, -0.1) is 0 Å². The molecule has 1 N–H and O–H groups in total. The first kappa shape index (κ1) is 14.7. The first-order valence-corrected chi connectivity index (χ1v) is 7.59. The minimum absolute atomic E-state index is 0.0569. The van der Waals surface area contributed by atoms with Gasteiger partial charge in [0.2, 0.25) is 0 Å². The molecule has 2 fully saturated rings. The molecule has 1 aromatic carbocycles. The normalized spacial score (nSPS) is 18.9. The first-order valence-electron chi connectivity index (χ1n) is 7.59. The second-order valence-electron chi connectivity index (χ2n) is 6.24. The molecule has 1 aromatic rings. The molecule has 21 heavy (non-hydrogen) atoms. The van der Waals surface area contributed by atoms with Crippen LogP contribution in [0.3, 0.4) is 0 Å². The lowest BCUT2D eigenvalue weighted by atomic mass is 10.1. The van der Waals surface area contributed by atoms with E-state index in [4.69, 9.17) is 0 Å². The van der Waals surface area contributed by atoms with E-state index in [0.717, 1.165) is 24.9 Å². The number of hydrogen-bond acceptors (Lipinski definition) is 2. The number of alkyl halides is 3. The Labute approximate surface area is 123 Å². The zero-order chi connectivity index (χ0) is 15.0. The Hall–Kier alpha value is -1.23. The molecule has 0 amide bonds. The van der Waals surface area contributed by atoms with Gasteiger partial charge in [0.05, 0.1) is 0 Å². The Balaban J connectivity index is 1.71. The summed E-state index contributed by atoms with van der Waals surface area (Å²) >= 11 is 0. The van der Waals surface area contributed by atoms with E-state index in [0.29, 0.717) is 11.7 Å². The van der Waals surface area contributed by atoms with Crippen LogP contribution >= 0.6 is 0 Å². The Kier molecular flexibility index (Phi) is 3.86. The van der Waals surface area contributed by atoms with Crippen molar-refractivity contribution in [1.82, 2.24) is 5.32 Å². The number of rotatable bonds is 6. The summed E-state index contributed by atoms with van der Waals surface area (Å²) in [5.41, 5.74) is 2.93. The minimum atomic E-state index is -4.15. The van der Waals surface area contributed by atoms with E-state index in [1.165, 1.54) is 23.3 Å². The average molecular weight is 298 g/mol.